The number of rotatable bonds is 12. The minimum absolute atomic E-state index is 0.596. The SMILES string of the molecule is c1ccc(COc2ccc(OCCCCCCCN3CCCCCC3)cc2)cc1. The first kappa shape index (κ1) is 21.7. The first-order valence-electron chi connectivity index (χ1n) is 11.5. The van der Waals surface area contributed by atoms with E-state index >= 15 is 0 Å². The number of nitrogens with zero attached hydrogens (tertiary/aromatic N) is 1. The zero-order valence-corrected chi connectivity index (χ0v) is 17.9. The molecule has 0 saturated carbocycles. The maximum Gasteiger partial charge on any atom is 0.120 e. The molecule has 2 aromatic rings. The van der Waals surface area contributed by atoms with Crippen molar-refractivity contribution in [3.63, 3.8) is 0 Å². The van der Waals surface area contributed by atoms with E-state index in [0.717, 1.165) is 24.5 Å². The Hall–Kier alpha value is -2.00. The molecule has 2 aromatic carbocycles. The summed E-state index contributed by atoms with van der Waals surface area (Å²) in [7, 11) is 0. The summed E-state index contributed by atoms with van der Waals surface area (Å²) in [6, 6.07) is 18.2. The van der Waals surface area contributed by atoms with Crippen LogP contribution in [0.15, 0.2) is 54.6 Å². The molecule has 1 aliphatic rings. The Labute approximate surface area is 177 Å². The Morgan fingerprint density at radius 3 is 1.97 bits per heavy atom. The van der Waals surface area contributed by atoms with Gasteiger partial charge in [-0.2, -0.15) is 0 Å². The molecule has 1 aliphatic heterocycles. The van der Waals surface area contributed by atoms with Crippen LogP contribution in [0.25, 0.3) is 0 Å². The molecule has 0 unspecified atom stereocenters. The lowest BCUT2D eigenvalue weighted by atomic mass is 10.1. The van der Waals surface area contributed by atoms with Gasteiger partial charge in [-0.3, -0.25) is 0 Å². The van der Waals surface area contributed by atoms with Crippen LogP contribution in [0.5, 0.6) is 11.5 Å². The molecule has 158 valence electrons. The fraction of sp³-hybridized carbons (Fsp3) is 0.538. The summed E-state index contributed by atoms with van der Waals surface area (Å²) in [6.45, 7) is 5.35. The van der Waals surface area contributed by atoms with Crippen LogP contribution in [0.3, 0.4) is 0 Å². The smallest absolute Gasteiger partial charge is 0.120 e. The van der Waals surface area contributed by atoms with Crippen molar-refractivity contribution in [1.82, 2.24) is 4.90 Å². The molecule has 0 atom stereocenters. The molecule has 3 rings (SSSR count). The molecule has 1 saturated heterocycles. The van der Waals surface area contributed by atoms with E-state index in [-0.39, 0.29) is 0 Å². The summed E-state index contributed by atoms with van der Waals surface area (Å²) in [5.74, 6) is 1.81. The number of hydrogen-bond donors (Lipinski definition) is 0. The summed E-state index contributed by atoms with van der Waals surface area (Å²) in [5, 5.41) is 0. The highest BCUT2D eigenvalue weighted by atomic mass is 16.5. The van der Waals surface area contributed by atoms with Gasteiger partial charge in [0.25, 0.3) is 0 Å². The summed E-state index contributed by atoms with van der Waals surface area (Å²) >= 11 is 0. The van der Waals surface area contributed by atoms with Crippen molar-refractivity contribution in [3.05, 3.63) is 60.2 Å². The summed E-state index contributed by atoms with van der Waals surface area (Å²) in [6.07, 6.45) is 12.1. The van der Waals surface area contributed by atoms with Gasteiger partial charge in [-0.15, -0.1) is 0 Å². The zero-order chi connectivity index (χ0) is 20.0. The van der Waals surface area contributed by atoms with Crippen LogP contribution < -0.4 is 9.47 Å². The van der Waals surface area contributed by atoms with Gasteiger partial charge in [-0.25, -0.2) is 0 Å². The highest BCUT2D eigenvalue weighted by Gasteiger charge is 2.07. The van der Waals surface area contributed by atoms with E-state index in [1.54, 1.807) is 0 Å². The predicted octanol–water partition coefficient (Wildman–Crippen LogP) is 6.47. The minimum Gasteiger partial charge on any atom is -0.494 e. The number of ether oxygens (including phenoxy) is 2. The fourth-order valence-corrected chi connectivity index (χ4v) is 3.89. The van der Waals surface area contributed by atoms with Gasteiger partial charge in [0, 0.05) is 0 Å². The molecule has 0 aromatic heterocycles. The molecule has 0 spiro atoms. The van der Waals surface area contributed by atoms with Gasteiger partial charge in [0.2, 0.25) is 0 Å². The Balaban J connectivity index is 1.20. The lowest BCUT2D eigenvalue weighted by molar-refractivity contribution is 0.275. The van der Waals surface area contributed by atoms with Gasteiger partial charge < -0.3 is 14.4 Å². The third kappa shape index (κ3) is 8.91. The molecule has 0 N–H and O–H groups in total. The first-order valence-corrected chi connectivity index (χ1v) is 11.5. The van der Waals surface area contributed by atoms with Crippen LogP contribution in [-0.4, -0.2) is 31.1 Å². The number of unbranched alkanes of at least 4 members (excludes halogenated alkanes) is 4. The van der Waals surface area contributed by atoms with Crippen LogP contribution in [0.1, 0.15) is 63.4 Å². The molecule has 0 bridgehead atoms. The Kier molecular flexibility index (Phi) is 9.93. The molecule has 3 nitrogen and oxygen atoms in total. The molecule has 29 heavy (non-hydrogen) atoms. The Bertz CT molecular complexity index is 648. The van der Waals surface area contributed by atoms with Crippen LogP contribution >= 0.6 is 0 Å². The lowest BCUT2D eigenvalue weighted by Gasteiger charge is -2.19. The van der Waals surface area contributed by atoms with Crippen molar-refractivity contribution in [2.24, 2.45) is 0 Å². The maximum absolute atomic E-state index is 5.88. The number of benzene rings is 2. The van der Waals surface area contributed by atoms with Crippen molar-refractivity contribution in [1.29, 1.82) is 0 Å². The highest BCUT2D eigenvalue weighted by Crippen LogP contribution is 2.19. The summed E-state index contributed by atoms with van der Waals surface area (Å²) < 4.78 is 11.7. The van der Waals surface area contributed by atoms with Crippen LogP contribution in [0.2, 0.25) is 0 Å². The third-order valence-electron chi connectivity index (χ3n) is 5.66. The topological polar surface area (TPSA) is 21.7 Å². The second-order valence-corrected chi connectivity index (χ2v) is 8.12. The quantitative estimate of drug-likeness (QED) is 0.384. The predicted molar refractivity (Wildman–Crippen MR) is 121 cm³/mol. The molecule has 1 heterocycles. The van der Waals surface area contributed by atoms with E-state index in [0.29, 0.717) is 6.61 Å². The maximum atomic E-state index is 5.88. The Morgan fingerprint density at radius 1 is 0.621 bits per heavy atom. The van der Waals surface area contributed by atoms with Gasteiger partial charge in [0.05, 0.1) is 6.61 Å². The van der Waals surface area contributed by atoms with Crippen molar-refractivity contribution < 1.29 is 9.47 Å². The van der Waals surface area contributed by atoms with Crippen LogP contribution in [0, 0.1) is 0 Å². The second kappa shape index (κ2) is 13.3. The van der Waals surface area contributed by atoms with E-state index in [1.807, 2.05) is 42.5 Å². The fourth-order valence-electron chi connectivity index (χ4n) is 3.89. The van der Waals surface area contributed by atoms with Crippen LogP contribution in [-0.2, 0) is 6.61 Å². The summed E-state index contributed by atoms with van der Waals surface area (Å²) in [5.41, 5.74) is 1.18. The molecular weight excluding hydrogens is 358 g/mol. The molecule has 1 fully saturated rings. The van der Waals surface area contributed by atoms with Gasteiger partial charge in [0.1, 0.15) is 18.1 Å². The van der Waals surface area contributed by atoms with Crippen molar-refractivity contribution in [2.75, 3.05) is 26.2 Å². The molecule has 0 radical (unpaired) electrons. The average Bonchev–Trinajstić information content (AvgIpc) is 3.04. The van der Waals surface area contributed by atoms with E-state index in [4.69, 9.17) is 9.47 Å². The number of likely N-dealkylation sites (tertiary alicyclic amines) is 1. The molecular formula is C26H37NO2. The van der Waals surface area contributed by atoms with Gasteiger partial charge in [-0.05, 0) is 75.1 Å². The van der Waals surface area contributed by atoms with E-state index in [2.05, 4.69) is 17.0 Å². The monoisotopic (exact) mass is 395 g/mol. The minimum atomic E-state index is 0.596. The largest absolute Gasteiger partial charge is 0.494 e. The lowest BCUT2D eigenvalue weighted by Crippen LogP contribution is -2.25. The van der Waals surface area contributed by atoms with E-state index in [1.165, 1.54) is 76.6 Å². The van der Waals surface area contributed by atoms with Crippen molar-refractivity contribution in [3.8, 4) is 11.5 Å². The van der Waals surface area contributed by atoms with E-state index < -0.39 is 0 Å². The van der Waals surface area contributed by atoms with Crippen molar-refractivity contribution in [2.45, 2.75) is 64.4 Å². The third-order valence-corrected chi connectivity index (χ3v) is 5.66. The van der Waals surface area contributed by atoms with Crippen LogP contribution in [0.4, 0.5) is 0 Å². The Morgan fingerprint density at radius 2 is 1.24 bits per heavy atom. The molecule has 3 heteroatoms. The normalized spacial score (nSPS) is 15.0. The summed E-state index contributed by atoms with van der Waals surface area (Å²) in [4.78, 5) is 2.67. The second-order valence-electron chi connectivity index (χ2n) is 8.12. The van der Waals surface area contributed by atoms with E-state index in [9.17, 15) is 0 Å². The average molecular weight is 396 g/mol. The van der Waals surface area contributed by atoms with Gasteiger partial charge in [0.15, 0.2) is 0 Å². The van der Waals surface area contributed by atoms with Gasteiger partial charge >= 0.3 is 0 Å². The van der Waals surface area contributed by atoms with Gasteiger partial charge in [-0.1, -0.05) is 62.4 Å². The zero-order valence-electron chi connectivity index (χ0n) is 17.9. The molecule has 0 aliphatic carbocycles. The first-order chi connectivity index (χ1) is 14.4. The highest BCUT2D eigenvalue weighted by molar-refractivity contribution is 5.31. The standard InChI is InChI=1S/C26H37NO2/c1(2-9-19-27-20-10-3-4-11-21-27)5-12-22-28-25-15-17-26(18-16-25)29-23-24-13-7-6-8-14-24/h6-8,13-18H,1-5,9-12,19-23H2. The molecule has 0 amide bonds. The van der Waals surface area contributed by atoms with Crippen molar-refractivity contribution >= 4 is 0 Å². The number of hydrogen-bond acceptors (Lipinski definition) is 3.